The number of hydrogen-bond acceptors (Lipinski definition) is 2. The molecule has 0 bridgehead atoms. The first-order valence-electron chi connectivity index (χ1n) is 6.52. The smallest absolute Gasteiger partial charge is 0.195 e. The van der Waals surface area contributed by atoms with Gasteiger partial charge < -0.3 is 14.7 Å². The summed E-state index contributed by atoms with van der Waals surface area (Å²) in [6, 6.07) is 8.50. The average molecular weight is 390 g/mol. The molecule has 0 N–H and O–H groups in total. The van der Waals surface area contributed by atoms with E-state index in [1.807, 2.05) is 38.0 Å². The molecule has 0 aliphatic carbocycles. The molecule has 0 radical (unpaired) electrons. The Bertz CT molecular complexity index is 418. The molecule has 1 aromatic rings. The van der Waals surface area contributed by atoms with Gasteiger partial charge in [-0.05, 0) is 25.2 Å². The quantitative estimate of drug-likeness (QED) is 0.448. The highest BCUT2D eigenvalue weighted by molar-refractivity contribution is 14.0. The maximum Gasteiger partial charge on any atom is 0.195 e. The van der Waals surface area contributed by atoms with E-state index >= 15 is 0 Å². The molecule has 20 heavy (non-hydrogen) atoms. The third-order valence-electron chi connectivity index (χ3n) is 2.80. The van der Waals surface area contributed by atoms with Gasteiger partial charge >= 0.3 is 0 Å². The summed E-state index contributed by atoms with van der Waals surface area (Å²) in [5.41, 5.74) is 2.63. The number of rotatable bonds is 4. The van der Waals surface area contributed by atoms with Crippen molar-refractivity contribution in [3.63, 3.8) is 0 Å². The molecule has 0 aliphatic rings. The van der Waals surface area contributed by atoms with Gasteiger partial charge in [-0.15, -0.1) is 24.0 Å². The van der Waals surface area contributed by atoms with Gasteiger partial charge in [-0.25, -0.2) is 4.99 Å². The molecule has 0 aromatic heterocycles. The van der Waals surface area contributed by atoms with Gasteiger partial charge in [0.1, 0.15) is 0 Å². The van der Waals surface area contributed by atoms with Crippen LogP contribution in [-0.4, -0.2) is 62.9 Å². The molecule has 0 aliphatic heterocycles. The molecular weight excluding hydrogens is 363 g/mol. The Morgan fingerprint density at radius 1 is 0.900 bits per heavy atom. The molecule has 4 nitrogen and oxygen atoms in total. The number of halogens is 1. The highest BCUT2D eigenvalue weighted by Crippen LogP contribution is 2.12. The van der Waals surface area contributed by atoms with Gasteiger partial charge in [0.05, 0.1) is 6.54 Å². The van der Waals surface area contributed by atoms with E-state index in [9.17, 15) is 0 Å². The average Bonchev–Trinajstić information content (AvgIpc) is 2.29. The third kappa shape index (κ3) is 6.09. The molecule has 1 aromatic carbocycles. The minimum absolute atomic E-state index is 0. The van der Waals surface area contributed by atoms with Crippen LogP contribution in [-0.2, 0) is 13.1 Å². The second kappa shape index (κ2) is 9.18. The SMILES string of the molecule is CN(C)Cc1ccccc1CN=C(N(C)C)N(C)C.I. The Kier molecular flexibility index (Phi) is 8.80. The molecule has 5 heteroatoms. The predicted octanol–water partition coefficient (Wildman–Crippen LogP) is 2.35. The molecular formula is C15H27IN4. The maximum absolute atomic E-state index is 4.71. The summed E-state index contributed by atoms with van der Waals surface area (Å²) in [6.45, 7) is 1.67. The van der Waals surface area contributed by atoms with Gasteiger partial charge in [0.2, 0.25) is 0 Å². The van der Waals surface area contributed by atoms with Gasteiger partial charge in [-0.1, -0.05) is 24.3 Å². The monoisotopic (exact) mass is 390 g/mol. The molecule has 0 saturated heterocycles. The van der Waals surface area contributed by atoms with E-state index in [-0.39, 0.29) is 24.0 Å². The lowest BCUT2D eigenvalue weighted by Crippen LogP contribution is -2.35. The molecule has 0 amide bonds. The molecule has 114 valence electrons. The minimum atomic E-state index is 0. The van der Waals surface area contributed by atoms with Crippen molar-refractivity contribution in [2.75, 3.05) is 42.3 Å². The van der Waals surface area contributed by atoms with Crippen LogP contribution >= 0.6 is 24.0 Å². The molecule has 0 atom stereocenters. The van der Waals surface area contributed by atoms with Crippen LogP contribution in [0.1, 0.15) is 11.1 Å². The van der Waals surface area contributed by atoms with Crippen LogP contribution in [0, 0.1) is 0 Å². The molecule has 0 spiro atoms. The Morgan fingerprint density at radius 2 is 1.40 bits per heavy atom. The molecule has 0 heterocycles. The first kappa shape index (κ1) is 19.2. The summed E-state index contributed by atoms with van der Waals surface area (Å²) >= 11 is 0. The van der Waals surface area contributed by atoms with Crippen molar-refractivity contribution < 1.29 is 0 Å². The molecule has 0 saturated carbocycles. The van der Waals surface area contributed by atoms with Crippen LogP contribution in [0.4, 0.5) is 0 Å². The Balaban J connectivity index is 0.00000361. The van der Waals surface area contributed by atoms with E-state index in [0.29, 0.717) is 0 Å². The zero-order chi connectivity index (χ0) is 14.4. The van der Waals surface area contributed by atoms with Crippen LogP contribution in [0.25, 0.3) is 0 Å². The Hall–Kier alpha value is -0.820. The lowest BCUT2D eigenvalue weighted by molar-refractivity contribution is 0.401. The van der Waals surface area contributed by atoms with Crippen LogP contribution in [0.3, 0.4) is 0 Å². The fourth-order valence-electron chi connectivity index (χ4n) is 2.05. The fourth-order valence-corrected chi connectivity index (χ4v) is 2.05. The van der Waals surface area contributed by atoms with Crippen LogP contribution in [0.2, 0.25) is 0 Å². The number of nitrogens with zero attached hydrogens (tertiary/aromatic N) is 4. The van der Waals surface area contributed by atoms with Crippen molar-refractivity contribution in [3.8, 4) is 0 Å². The number of benzene rings is 1. The van der Waals surface area contributed by atoms with Crippen molar-refractivity contribution >= 4 is 29.9 Å². The fraction of sp³-hybridized carbons (Fsp3) is 0.533. The lowest BCUT2D eigenvalue weighted by Gasteiger charge is -2.23. The Morgan fingerprint density at radius 3 is 1.85 bits per heavy atom. The van der Waals surface area contributed by atoms with Crippen molar-refractivity contribution in [1.29, 1.82) is 0 Å². The van der Waals surface area contributed by atoms with E-state index in [4.69, 9.17) is 4.99 Å². The van der Waals surface area contributed by atoms with E-state index in [0.717, 1.165) is 19.0 Å². The van der Waals surface area contributed by atoms with Crippen LogP contribution in [0.5, 0.6) is 0 Å². The second-order valence-corrected chi connectivity index (χ2v) is 5.41. The normalized spacial score (nSPS) is 9.95. The van der Waals surface area contributed by atoms with Crippen molar-refractivity contribution in [3.05, 3.63) is 35.4 Å². The van der Waals surface area contributed by atoms with Crippen molar-refractivity contribution in [1.82, 2.24) is 14.7 Å². The maximum atomic E-state index is 4.71. The molecule has 0 unspecified atom stereocenters. The van der Waals surface area contributed by atoms with Gasteiger partial charge in [-0.3, -0.25) is 0 Å². The van der Waals surface area contributed by atoms with Gasteiger partial charge in [0.25, 0.3) is 0 Å². The van der Waals surface area contributed by atoms with Gasteiger partial charge in [0, 0.05) is 34.7 Å². The van der Waals surface area contributed by atoms with Gasteiger partial charge in [0.15, 0.2) is 5.96 Å². The summed E-state index contributed by atoms with van der Waals surface area (Å²) in [6.07, 6.45) is 0. The largest absolute Gasteiger partial charge is 0.349 e. The lowest BCUT2D eigenvalue weighted by atomic mass is 10.1. The number of guanidine groups is 1. The van der Waals surface area contributed by atoms with E-state index in [2.05, 4.69) is 43.3 Å². The van der Waals surface area contributed by atoms with Crippen LogP contribution in [0.15, 0.2) is 29.3 Å². The summed E-state index contributed by atoms with van der Waals surface area (Å²) in [5.74, 6) is 0.986. The van der Waals surface area contributed by atoms with E-state index < -0.39 is 0 Å². The minimum Gasteiger partial charge on any atom is -0.349 e. The van der Waals surface area contributed by atoms with Crippen LogP contribution < -0.4 is 0 Å². The first-order chi connectivity index (χ1) is 8.91. The number of hydrogen-bond donors (Lipinski definition) is 0. The topological polar surface area (TPSA) is 22.1 Å². The number of aliphatic imine (C=N–C) groups is 1. The van der Waals surface area contributed by atoms with E-state index in [1.54, 1.807) is 0 Å². The van der Waals surface area contributed by atoms with Crippen molar-refractivity contribution in [2.45, 2.75) is 13.1 Å². The highest BCUT2D eigenvalue weighted by Gasteiger charge is 2.06. The zero-order valence-corrected chi connectivity index (χ0v) is 15.8. The predicted molar refractivity (Wildman–Crippen MR) is 97.8 cm³/mol. The summed E-state index contributed by atoms with van der Waals surface area (Å²) in [7, 11) is 12.3. The first-order valence-corrected chi connectivity index (χ1v) is 6.52. The Labute approximate surface area is 140 Å². The highest BCUT2D eigenvalue weighted by atomic mass is 127. The molecule has 1 rings (SSSR count). The van der Waals surface area contributed by atoms with E-state index in [1.165, 1.54) is 11.1 Å². The van der Waals surface area contributed by atoms with Gasteiger partial charge in [-0.2, -0.15) is 0 Å². The van der Waals surface area contributed by atoms with Crippen molar-refractivity contribution in [2.24, 2.45) is 4.99 Å². The summed E-state index contributed by atoms with van der Waals surface area (Å²) in [4.78, 5) is 11.0. The molecule has 0 fully saturated rings. The zero-order valence-electron chi connectivity index (χ0n) is 13.4. The summed E-state index contributed by atoms with van der Waals surface area (Å²) in [5, 5.41) is 0. The second-order valence-electron chi connectivity index (χ2n) is 5.41. The third-order valence-corrected chi connectivity index (χ3v) is 2.80. The summed E-state index contributed by atoms with van der Waals surface area (Å²) < 4.78 is 0. The standard InChI is InChI=1S/C15H26N4.HI/c1-17(2)12-14-10-8-7-9-13(14)11-16-15(18(3)4)19(5)6;/h7-10H,11-12H2,1-6H3;1H.